The Morgan fingerprint density at radius 3 is 2.59 bits per heavy atom. The first-order valence-corrected chi connectivity index (χ1v) is 6.87. The third-order valence-electron chi connectivity index (χ3n) is 3.46. The second-order valence-corrected chi connectivity index (χ2v) is 4.93. The van der Waals surface area contributed by atoms with E-state index in [0.717, 1.165) is 17.7 Å². The van der Waals surface area contributed by atoms with Gasteiger partial charge in [0.2, 0.25) is 6.79 Å². The van der Waals surface area contributed by atoms with Gasteiger partial charge in [-0.25, -0.2) is 8.78 Å². The van der Waals surface area contributed by atoms with Gasteiger partial charge in [0.1, 0.15) is 11.6 Å². The van der Waals surface area contributed by atoms with Crippen LogP contribution in [0.2, 0.25) is 0 Å². The smallest absolute Gasteiger partial charge is 0.231 e. The van der Waals surface area contributed by atoms with Gasteiger partial charge in [-0.1, -0.05) is 18.2 Å². The van der Waals surface area contributed by atoms with Gasteiger partial charge in [-0.15, -0.1) is 0 Å². The average Bonchev–Trinajstić information content (AvgIpc) is 2.96. The molecule has 0 spiro atoms. The van der Waals surface area contributed by atoms with Crippen molar-refractivity contribution in [1.29, 1.82) is 0 Å². The molecule has 3 rings (SSSR count). The lowest BCUT2D eigenvalue weighted by Gasteiger charge is -2.14. The van der Waals surface area contributed by atoms with E-state index in [1.54, 1.807) is 6.07 Å². The maximum absolute atomic E-state index is 13.6. The van der Waals surface area contributed by atoms with E-state index in [2.05, 4.69) is 5.32 Å². The maximum atomic E-state index is 13.6. The van der Waals surface area contributed by atoms with Gasteiger partial charge in [-0.05, 0) is 18.2 Å². The second kappa shape index (κ2) is 6.29. The van der Waals surface area contributed by atoms with Gasteiger partial charge in [0.05, 0.1) is 11.7 Å². The number of hydrogen-bond donors (Lipinski definition) is 2. The third kappa shape index (κ3) is 2.88. The number of halogens is 2. The summed E-state index contributed by atoms with van der Waals surface area (Å²) in [6.07, 6.45) is -1.27. The van der Waals surface area contributed by atoms with Crippen molar-refractivity contribution >= 4 is 0 Å². The monoisotopic (exact) mass is 307 g/mol. The van der Waals surface area contributed by atoms with Gasteiger partial charge >= 0.3 is 0 Å². The van der Waals surface area contributed by atoms with Crippen molar-refractivity contribution in [1.82, 2.24) is 5.32 Å². The molecule has 1 heterocycles. The number of aliphatic hydroxyl groups is 1. The molecule has 0 unspecified atom stereocenters. The summed E-state index contributed by atoms with van der Waals surface area (Å²) in [5.74, 6) is -0.195. The number of ether oxygens (including phenoxy) is 2. The Bertz CT molecular complexity index is 658. The van der Waals surface area contributed by atoms with E-state index >= 15 is 0 Å². The number of benzene rings is 2. The lowest BCUT2D eigenvalue weighted by atomic mass is 10.1. The quantitative estimate of drug-likeness (QED) is 0.891. The molecule has 2 aromatic rings. The molecule has 0 bridgehead atoms. The van der Waals surface area contributed by atoms with Crippen LogP contribution in [0, 0.1) is 11.6 Å². The van der Waals surface area contributed by atoms with Crippen molar-refractivity contribution in [2.75, 3.05) is 13.3 Å². The van der Waals surface area contributed by atoms with Crippen molar-refractivity contribution in [2.45, 2.75) is 12.6 Å². The minimum Gasteiger partial charge on any atom is -0.454 e. The maximum Gasteiger partial charge on any atom is 0.231 e. The van der Waals surface area contributed by atoms with E-state index in [4.69, 9.17) is 9.47 Å². The molecule has 0 radical (unpaired) electrons. The van der Waals surface area contributed by atoms with E-state index in [9.17, 15) is 13.9 Å². The SMILES string of the molecule is O[C@@H](CNCc1cccc2c1OCO2)c1c(F)cccc1F. The van der Waals surface area contributed by atoms with Crippen LogP contribution in [-0.2, 0) is 6.54 Å². The predicted molar refractivity (Wildman–Crippen MR) is 75.6 cm³/mol. The molecule has 22 heavy (non-hydrogen) atoms. The van der Waals surface area contributed by atoms with Crippen LogP contribution < -0.4 is 14.8 Å². The summed E-state index contributed by atoms with van der Waals surface area (Å²) < 4.78 is 37.8. The summed E-state index contributed by atoms with van der Waals surface area (Å²) in [5, 5.41) is 12.9. The van der Waals surface area contributed by atoms with E-state index < -0.39 is 17.7 Å². The predicted octanol–water partition coefficient (Wildman–Crippen LogP) is 2.52. The number of aliphatic hydroxyl groups excluding tert-OH is 1. The number of nitrogens with one attached hydrogen (secondary N) is 1. The third-order valence-corrected chi connectivity index (χ3v) is 3.46. The average molecular weight is 307 g/mol. The number of fused-ring (bicyclic) bond motifs is 1. The van der Waals surface area contributed by atoms with Crippen LogP contribution in [-0.4, -0.2) is 18.4 Å². The first-order valence-electron chi connectivity index (χ1n) is 6.87. The number of rotatable bonds is 5. The summed E-state index contributed by atoms with van der Waals surface area (Å²) in [5.41, 5.74) is 0.532. The van der Waals surface area contributed by atoms with Gasteiger partial charge in [-0.2, -0.15) is 0 Å². The molecule has 0 saturated carbocycles. The van der Waals surface area contributed by atoms with Gasteiger partial charge in [0, 0.05) is 18.7 Å². The minimum absolute atomic E-state index is 0.0162. The van der Waals surface area contributed by atoms with Crippen LogP contribution in [0.25, 0.3) is 0 Å². The van der Waals surface area contributed by atoms with Crippen LogP contribution in [0.5, 0.6) is 11.5 Å². The molecule has 2 N–H and O–H groups in total. The Morgan fingerprint density at radius 1 is 1.09 bits per heavy atom. The van der Waals surface area contributed by atoms with Crippen LogP contribution in [0.4, 0.5) is 8.78 Å². The highest BCUT2D eigenvalue weighted by Crippen LogP contribution is 2.35. The van der Waals surface area contributed by atoms with Gasteiger partial charge < -0.3 is 19.9 Å². The Labute approximate surface area is 126 Å². The molecule has 0 aliphatic carbocycles. The molecule has 1 aliphatic rings. The molecule has 6 heteroatoms. The van der Waals surface area contributed by atoms with Crippen molar-refractivity contribution in [3.8, 4) is 11.5 Å². The van der Waals surface area contributed by atoms with Crippen LogP contribution in [0.3, 0.4) is 0 Å². The molecule has 2 aromatic carbocycles. The Hall–Kier alpha value is -2.18. The fourth-order valence-electron chi connectivity index (χ4n) is 2.40. The molecule has 0 saturated heterocycles. The molecular weight excluding hydrogens is 292 g/mol. The largest absolute Gasteiger partial charge is 0.454 e. The summed E-state index contributed by atoms with van der Waals surface area (Å²) in [6, 6.07) is 9.00. The van der Waals surface area contributed by atoms with E-state index in [1.807, 2.05) is 12.1 Å². The molecular formula is C16H15F2NO3. The lowest BCUT2D eigenvalue weighted by Crippen LogP contribution is -2.22. The molecule has 0 fully saturated rings. The molecule has 0 aromatic heterocycles. The normalized spacial score (nSPS) is 14.1. The van der Waals surface area contributed by atoms with Gasteiger partial charge in [0.25, 0.3) is 0 Å². The summed E-state index contributed by atoms with van der Waals surface area (Å²) in [4.78, 5) is 0. The fourth-order valence-corrected chi connectivity index (χ4v) is 2.40. The summed E-state index contributed by atoms with van der Waals surface area (Å²) in [7, 11) is 0. The highest BCUT2D eigenvalue weighted by Gasteiger charge is 2.19. The zero-order valence-electron chi connectivity index (χ0n) is 11.7. The standard InChI is InChI=1S/C16H15F2NO3/c17-11-4-2-5-12(18)15(11)13(20)8-19-7-10-3-1-6-14-16(10)22-9-21-14/h1-6,13,19-20H,7-9H2/t13-/m0/s1. The van der Waals surface area contributed by atoms with Gasteiger partial charge in [-0.3, -0.25) is 0 Å². The van der Waals surface area contributed by atoms with Crippen LogP contribution in [0.1, 0.15) is 17.2 Å². The van der Waals surface area contributed by atoms with E-state index in [0.29, 0.717) is 18.0 Å². The summed E-state index contributed by atoms with van der Waals surface area (Å²) in [6.45, 7) is 0.581. The zero-order chi connectivity index (χ0) is 15.5. The van der Waals surface area contributed by atoms with Crippen LogP contribution >= 0.6 is 0 Å². The Morgan fingerprint density at radius 2 is 1.82 bits per heavy atom. The van der Waals surface area contributed by atoms with E-state index in [-0.39, 0.29) is 18.9 Å². The number of hydrogen-bond acceptors (Lipinski definition) is 4. The summed E-state index contributed by atoms with van der Waals surface area (Å²) >= 11 is 0. The van der Waals surface area contributed by atoms with Crippen molar-refractivity contribution in [3.05, 3.63) is 59.2 Å². The van der Waals surface area contributed by atoms with Crippen molar-refractivity contribution in [2.24, 2.45) is 0 Å². The first-order chi connectivity index (χ1) is 10.7. The first kappa shape index (κ1) is 14.7. The van der Waals surface area contributed by atoms with Crippen LogP contribution in [0.15, 0.2) is 36.4 Å². The highest BCUT2D eigenvalue weighted by atomic mass is 19.1. The van der Waals surface area contributed by atoms with Gasteiger partial charge in [0.15, 0.2) is 11.5 Å². The zero-order valence-corrected chi connectivity index (χ0v) is 11.7. The molecule has 4 nitrogen and oxygen atoms in total. The fraction of sp³-hybridized carbons (Fsp3) is 0.250. The Balaban J connectivity index is 1.63. The molecule has 1 aliphatic heterocycles. The van der Waals surface area contributed by atoms with Crippen molar-refractivity contribution < 1.29 is 23.4 Å². The minimum atomic E-state index is -1.27. The van der Waals surface area contributed by atoms with Crippen molar-refractivity contribution in [3.63, 3.8) is 0 Å². The Kier molecular flexibility index (Phi) is 4.22. The molecule has 0 amide bonds. The molecule has 116 valence electrons. The topological polar surface area (TPSA) is 50.7 Å². The number of para-hydroxylation sites is 1. The second-order valence-electron chi connectivity index (χ2n) is 4.93. The molecule has 1 atom stereocenters. The van der Waals surface area contributed by atoms with E-state index in [1.165, 1.54) is 6.07 Å². The lowest BCUT2D eigenvalue weighted by molar-refractivity contribution is 0.163. The highest BCUT2D eigenvalue weighted by molar-refractivity contribution is 5.48.